The molecule has 0 atom stereocenters. The van der Waals surface area contributed by atoms with Crippen molar-refractivity contribution in [3.05, 3.63) is 0 Å². The molecule has 0 aromatic rings. The summed E-state index contributed by atoms with van der Waals surface area (Å²) in [5, 5.41) is 0. The highest BCUT2D eigenvalue weighted by Crippen LogP contribution is 2.16. The van der Waals surface area contributed by atoms with Crippen LogP contribution in [0.5, 0.6) is 0 Å². The van der Waals surface area contributed by atoms with Crippen molar-refractivity contribution in [3.8, 4) is 0 Å². The average molecular weight is 559 g/mol. The van der Waals surface area contributed by atoms with E-state index in [4.69, 9.17) is 28.4 Å². The normalized spacial score (nSPS) is 22.5. The second-order valence-corrected chi connectivity index (χ2v) is 12.1. The van der Waals surface area contributed by atoms with E-state index in [0.29, 0.717) is 52.9 Å². The van der Waals surface area contributed by atoms with Crippen molar-refractivity contribution >= 4 is 59.0 Å². The summed E-state index contributed by atoms with van der Waals surface area (Å²) in [4.78, 5) is 24.8. The zero-order valence-corrected chi connectivity index (χ0v) is 23.0. The van der Waals surface area contributed by atoms with Gasteiger partial charge in [0.05, 0.1) is 65.7 Å². The Balaban J connectivity index is 1.68. The maximum atomic E-state index is 12.4. The third-order valence-corrected chi connectivity index (χ3v) is 8.83. The fraction of sp³-hybridized carbons (Fsp3) is 0.909. The van der Waals surface area contributed by atoms with E-state index in [1.165, 1.54) is 0 Å². The van der Waals surface area contributed by atoms with E-state index < -0.39 is 0 Å². The van der Waals surface area contributed by atoms with Crippen LogP contribution >= 0.6 is 47.0 Å². The van der Waals surface area contributed by atoms with Crippen LogP contribution in [0.2, 0.25) is 0 Å². The predicted octanol–water partition coefficient (Wildman–Crippen LogP) is 2.62. The van der Waals surface area contributed by atoms with Crippen molar-refractivity contribution in [2.75, 3.05) is 98.9 Å². The fourth-order valence-electron chi connectivity index (χ4n) is 2.90. The zero-order chi connectivity index (χ0) is 24.1. The molecule has 0 N–H and O–H groups in total. The first-order chi connectivity index (χ1) is 16.7. The molecule has 0 unspecified atom stereocenters. The van der Waals surface area contributed by atoms with E-state index in [9.17, 15) is 9.59 Å². The maximum Gasteiger partial charge on any atom is 0.306 e. The SMILES string of the molecule is O=C(CCC(=O)OC1CSCCOCCOCCSC1)OC1CSCCOCCOCCSC1. The van der Waals surface area contributed by atoms with E-state index in [2.05, 4.69) is 0 Å². The summed E-state index contributed by atoms with van der Waals surface area (Å²) in [5.74, 6) is 5.56. The number of carbonyl (C=O) groups excluding carboxylic acids is 2. The van der Waals surface area contributed by atoms with Crippen LogP contribution in [0, 0.1) is 0 Å². The van der Waals surface area contributed by atoms with Gasteiger partial charge in [0, 0.05) is 46.0 Å². The Hall–Kier alpha value is 0.180. The Morgan fingerprint density at radius 3 is 1.12 bits per heavy atom. The summed E-state index contributed by atoms with van der Waals surface area (Å²) in [7, 11) is 0. The molecule has 0 spiro atoms. The summed E-state index contributed by atoms with van der Waals surface area (Å²) in [6.07, 6.45) is -0.309. The van der Waals surface area contributed by atoms with E-state index in [1.807, 2.05) is 0 Å². The van der Waals surface area contributed by atoms with E-state index in [-0.39, 0.29) is 37.0 Å². The second-order valence-electron chi connectivity index (χ2n) is 7.47. The van der Waals surface area contributed by atoms with Crippen molar-refractivity contribution in [1.82, 2.24) is 0 Å². The van der Waals surface area contributed by atoms with Gasteiger partial charge in [-0.05, 0) is 0 Å². The van der Waals surface area contributed by atoms with Crippen LogP contribution in [0.4, 0.5) is 0 Å². The molecule has 2 aliphatic heterocycles. The first kappa shape index (κ1) is 30.4. The van der Waals surface area contributed by atoms with Crippen molar-refractivity contribution in [2.24, 2.45) is 0 Å². The Kier molecular flexibility index (Phi) is 19.0. The Labute approximate surface area is 220 Å². The predicted molar refractivity (Wildman–Crippen MR) is 142 cm³/mol. The molecule has 0 bridgehead atoms. The van der Waals surface area contributed by atoms with Crippen LogP contribution in [0.3, 0.4) is 0 Å². The summed E-state index contributed by atoms with van der Waals surface area (Å²) in [5.41, 5.74) is 0. The molecule has 12 heteroatoms. The monoisotopic (exact) mass is 558 g/mol. The molecular formula is C22H38O8S4. The molecule has 0 aromatic carbocycles. The van der Waals surface area contributed by atoms with Gasteiger partial charge < -0.3 is 28.4 Å². The van der Waals surface area contributed by atoms with Gasteiger partial charge in [0.25, 0.3) is 0 Å². The number of esters is 2. The molecule has 0 aromatic heterocycles. The summed E-state index contributed by atoms with van der Waals surface area (Å²) in [6.45, 7) is 5.08. The highest BCUT2D eigenvalue weighted by atomic mass is 32.2. The lowest BCUT2D eigenvalue weighted by Gasteiger charge is -2.19. The lowest BCUT2D eigenvalue weighted by molar-refractivity contribution is -0.153. The summed E-state index contributed by atoms with van der Waals surface area (Å²) < 4.78 is 33.4. The number of thioether (sulfide) groups is 4. The fourth-order valence-corrected chi connectivity index (χ4v) is 6.60. The van der Waals surface area contributed by atoms with Crippen molar-refractivity contribution < 1.29 is 38.0 Å². The summed E-state index contributed by atoms with van der Waals surface area (Å²) in [6, 6.07) is 0. The topological polar surface area (TPSA) is 89.5 Å². The van der Waals surface area contributed by atoms with Crippen LogP contribution in [0.25, 0.3) is 0 Å². The van der Waals surface area contributed by atoms with Crippen LogP contribution in [0.15, 0.2) is 0 Å². The Morgan fingerprint density at radius 1 is 0.529 bits per heavy atom. The number of rotatable bonds is 5. The van der Waals surface area contributed by atoms with Crippen LogP contribution in [-0.2, 0) is 38.0 Å². The highest BCUT2D eigenvalue weighted by molar-refractivity contribution is 8.00. The molecule has 2 aliphatic rings. The molecule has 8 nitrogen and oxygen atoms in total. The molecule has 2 fully saturated rings. The van der Waals surface area contributed by atoms with Gasteiger partial charge in [-0.2, -0.15) is 47.0 Å². The van der Waals surface area contributed by atoms with Gasteiger partial charge in [-0.25, -0.2) is 0 Å². The molecule has 2 saturated heterocycles. The largest absolute Gasteiger partial charge is 0.461 e. The van der Waals surface area contributed by atoms with E-state index >= 15 is 0 Å². The molecular weight excluding hydrogens is 521 g/mol. The molecule has 2 rings (SSSR count). The van der Waals surface area contributed by atoms with Gasteiger partial charge in [0.2, 0.25) is 0 Å². The molecule has 0 amide bonds. The number of carbonyl (C=O) groups is 2. The van der Waals surface area contributed by atoms with Gasteiger partial charge in [0.15, 0.2) is 0 Å². The third-order valence-electron chi connectivity index (χ3n) is 4.58. The van der Waals surface area contributed by atoms with Crippen LogP contribution in [0.1, 0.15) is 12.8 Å². The first-order valence-electron chi connectivity index (χ1n) is 11.7. The third kappa shape index (κ3) is 16.8. The molecule has 0 radical (unpaired) electrons. The Bertz CT molecular complexity index is 469. The van der Waals surface area contributed by atoms with Gasteiger partial charge in [-0.15, -0.1) is 0 Å². The van der Waals surface area contributed by atoms with Gasteiger partial charge in [-0.1, -0.05) is 0 Å². The lowest BCUT2D eigenvalue weighted by atomic mass is 10.3. The van der Waals surface area contributed by atoms with Crippen molar-refractivity contribution in [1.29, 1.82) is 0 Å². The summed E-state index contributed by atoms with van der Waals surface area (Å²) >= 11 is 6.85. The molecule has 34 heavy (non-hydrogen) atoms. The van der Waals surface area contributed by atoms with Crippen LogP contribution in [-0.4, -0.2) is 123 Å². The van der Waals surface area contributed by atoms with E-state index in [1.54, 1.807) is 47.0 Å². The minimum absolute atomic E-state index is 0.0333. The smallest absolute Gasteiger partial charge is 0.306 e. The average Bonchev–Trinajstić information content (AvgIpc) is 2.87. The van der Waals surface area contributed by atoms with Gasteiger partial charge in [-0.3, -0.25) is 9.59 Å². The quantitative estimate of drug-likeness (QED) is 0.465. The van der Waals surface area contributed by atoms with Gasteiger partial charge >= 0.3 is 11.9 Å². The zero-order valence-electron chi connectivity index (χ0n) is 19.8. The molecule has 2 heterocycles. The van der Waals surface area contributed by atoms with Crippen LogP contribution < -0.4 is 0 Å². The second kappa shape index (κ2) is 21.3. The number of hydrogen-bond donors (Lipinski definition) is 0. The minimum atomic E-state index is -0.354. The van der Waals surface area contributed by atoms with E-state index in [0.717, 1.165) is 46.0 Å². The number of hydrogen-bond acceptors (Lipinski definition) is 12. The Morgan fingerprint density at radius 2 is 0.824 bits per heavy atom. The van der Waals surface area contributed by atoms with Crippen molar-refractivity contribution in [3.63, 3.8) is 0 Å². The number of ether oxygens (including phenoxy) is 6. The molecule has 0 saturated carbocycles. The maximum absolute atomic E-state index is 12.4. The first-order valence-corrected chi connectivity index (χ1v) is 16.4. The highest BCUT2D eigenvalue weighted by Gasteiger charge is 2.19. The lowest BCUT2D eigenvalue weighted by Crippen LogP contribution is -2.26. The molecule has 0 aliphatic carbocycles. The standard InChI is InChI=1S/C22H38O8S4/c23-21(29-19-15-31-11-7-25-3-4-26-8-12-32-16-19)1-2-22(24)30-20-17-33-13-9-27-5-6-28-10-14-34-18-20/h19-20H,1-18H2. The van der Waals surface area contributed by atoms with Crippen molar-refractivity contribution in [2.45, 2.75) is 25.0 Å². The van der Waals surface area contributed by atoms with Gasteiger partial charge in [0.1, 0.15) is 12.2 Å². The minimum Gasteiger partial charge on any atom is -0.461 e. The molecule has 198 valence electrons.